The summed E-state index contributed by atoms with van der Waals surface area (Å²) >= 11 is 0. The largest absolute Gasteiger partial charge is 0.451 e. The summed E-state index contributed by atoms with van der Waals surface area (Å²) in [6.07, 6.45) is 6.23. The molecular weight excluding hydrogens is 320 g/mol. The van der Waals surface area contributed by atoms with E-state index in [2.05, 4.69) is 41.9 Å². The molecule has 0 aliphatic carbocycles. The number of anilines is 4. The zero-order valence-corrected chi connectivity index (χ0v) is 12.8. The molecule has 0 N–H and O–H groups in total. The fourth-order valence-electron chi connectivity index (χ4n) is 4.44. The Labute approximate surface area is 141 Å². The Morgan fingerprint density at radius 1 is 0.840 bits per heavy atom. The van der Waals surface area contributed by atoms with Crippen LogP contribution in [0, 0.1) is 0 Å². The van der Waals surface area contributed by atoms with E-state index in [9.17, 15) is 0 Å². The van der Waals surface area contributed by atoms with Crippen molar-refractivity contribution in [3.8, 4) is 11.8 Å². The Morgan fingerprint density at radius 2 is 1.64 bits per heavy atom. The number of hydrogen-bond acceptors (Lipinski definition) is 8. The molecule has 0 saturated heterocycles. The topological polar surface area (TPSA) is 76.5 Å². The second-order valence-electron chi connectivity index (χ2n) is 6.39. The van der Waals surface area contributed by atoms with E-state index in [4.69, 9.17) is 9.47 Å². The first-order valence-electron chi connectivity index (χ1n) is 8.07. The predicted octanol–water partition coefficient (Wildman–Crippen LogP) is 2.09. The van der Waals surface area contributed by atoms with Crippen LogP contribution in [0.15, 0.2) is 43.1 Å². The second kappa shape index (κ2) is 3.80. The number of rotatable bonds is 0. The van der Waals surface area contributed by atoms with Crippen LogP contribution in [0.3, 0.4) is 0 Å². The van der Waals surface area contributed by atoms with Crippen LogP contribution in [0.2, 0.25) is 0 Å². The van der Waals surface area contributed by atoms with E-state index in [0.29, 0.717) is 11.8 Å². The van der Waals surface area contributed by atoms with Crippen molar-refractivity contribution in [2.24, 2.45) is 0 Å². The third kappa shape index (κ3) is 1.21. The Morgan fingerprint density at radius 3 is 2.60 bits per heavy atom. The molecule has 8 heteroatoms. The first kappa shape index (κ1) is 12.0. The molecule has 8 nitrogen and oxygen atoms in total. The highest BCUT2D eigenvalue weighted by Crippen LogP contribution is 2.62. The molecule has 25 heavy (non-hydrogen) atoms. The lowest BCUT2D eigenvalue weighted by Gasteiger charge is -2.26. The maximum absolute atomic E-state index is 6.18. The molecule has 1 aromatic carbocycles. The van der Waals surface area contributed by atoms with Gasteiger partial charge in [-0.15, -0.1) is 0 Å². The van der Waals surface area contributed by atoms with E-state index in [1.807, 2.05) is 6.07 Å². The fourth-order valence-corrected chi connectivity index (χ4v) is 4.44. The molecule has 3 aromatic rings. The number of ether oxygens (including phenoxy) is 2. The molecule has 3 unspecified atom stereocenters. The van der Waals surface area contributed by atoms with Gasteiger partial charge < -0.3 is 9.47 Å². The molecule has 4 aliphatic heterocycles. The van der Waals surface area contributed by atoms with Gasteiger partial charge in [-0.05, 0) is 12.1 Å². The number of benzene rings is 1. The summed E-state index contributed by atoms with van der Waals surface area (Å²) in [4.78, 5) is 21.5. The molecule has 2 aromatic heterocycles. The molecule has 0 saturated carbocycles. The summed E-state index contributed by atoms with van der Waals surface area (Å²) < 4.78 is 12.4. The fraction of sp³-hybridized carbons (Fsp3) is 0.176. The van der Waals surface area contributed by atoms with Gasteiger partial charge in [0, 0.05) is 18.0 Å². The van der Waals surface area contributed by atoms with Gasteiger partial charge in [0.2, 0.25) is 5.88 Å². The number of fused-ring (bicyclic) bond motifs is 10. The van der Waals surface area contributed by atoms with E-state index in [1.165, 1.54) is 11.9 Å². The molecule has 7 rings (SSSR count). The Kier molecular flexibility index (Phi) is 1.83. The number of aromatic nitrogens is 4. The van der Waals surface area contributed by atoms with Gasteiger partial charge in [-0.2, -0.15) is 4.98 Å². The monoisotopic (exact) mass is 330 g/mol. The summed E-state index contributed by atoms with van der Waals surface area (Å²) in [6.45, 7) is 0. The van der Waals surface area contributed by atoms with E-state index in [1.54, 1.807) is 18.6 Å². The van der Waals surface area contributed by atoms with Crippen molar-refractivity contribution < 1.29 is 9.47 Å². The van der Waals surface area contributed by atoms with Crippen LogP contribution in [0.25, 0.3) is 0 Å². The van der Waals surface area contributed by atoms with Crippen LogP contribution in [0.5, 0.6) is 11.8 Å². The van der Waals surface area contributed by atoms with E-state index >= 15 is 0 Å². The van der Waals surface area contributed by atoms with Crippen molar-refractivity contribution in [3.63, 3.8) is 0 Å². The Hall–Kier alpha value is -3.42. The molecule has 0 radical (unpaired) electrons. The Bertz CT molecular complexity index is 993. The van der Waals surface area contributed by atoms with Crippen molar-refractivity contribution in [2.75, 3.05) is 9.80 Å². The van der Waals surface area contributed by atoms with Gasteiger partial charge >= 0.3 is 0 Å². The Balaban J connectivity index is 1.48. The van der Waals surface area contributed by atoms with Crippen molar-refractivity contribution in [1.29, 1.82) is 0 Å². The minimum atomic E-state index is -0.217. The van der Waals surface area contributed by atoms with Crippen LogP contribution in [-0.4, -0.2) is 32.4 Å². The van der Waals surface area contributed by atoms with Crippen LogP contribution in [0.1, 0.15) is 11.5 Å². The molecule has 0 spiro atoms. The van der Waals surface area contributed by atoms with Crippen LogP contribution >= 0.6 is 0 Å². The quantitative estimate of drug-likeness (QED) is 0.620. The SMILES string of the molecule is c1cc2c3c(c1)N1c4nccnc4OC1C3C1Oc3ncncc3N21. The maximum Gasteiger partial charge on any atom is 0.260 e. The smallest absolute Gasteiger partial charge is 0.260 e. The van der Waals surface area contributed by atoms with Gasteiger partial charge in [-0.1, -0.05) is 6.07 Å². The van der Waals surface area contributed by atoms with Gasteiger partial charge in [0.25, 0.3) is 5.88 Å². The molecule has 0 fully saturated rings. The first-order valence-corrected chi connectivity index (χ1v) is 8.07. The standard InChI is InChI=1S/C17H10N6O2/c1-2-8-11-9(3-1)23-13-15(20-5-4-19-13)25-17(23)12(11)16-22(8)10-6-18-7-21-14(10)24-16/h1-7,12,16-17H. The van der Waals surface area contributed by atoms with Gasteiger partial charge in [-0.25, -0.2) is 15.0 Å². The number of nitrogens with zero attached hydrogens (tertiary/aromatic N) is 6. The third-order valence-corrected chi connectivity index (χ3v) is 5.29. The highest BCUT2D eigenvalue weighted by atomic mass is 16.5. The van der Waals surface area contributed by atoms with Gasteiger partial charge in [0.1, 0.15) is 17.9 Å². The summed E-state index contributed by atoms with van der Waals surface area (Å²) in [7, 11) is 0. The zero-order chi connectivity index (χ0) is 16.1. The highest BCUT2D eigenvalue weighted by molar-refractivity contribution is 5.88. The lowest BCUT2D eigenvalue weighted by molar-refractivity contribution is 0.122. The molecule has 0 bridgehead atoms. The summed E-state index contributed by atoms with van der Waals surface area (Å²) in [5.74, 6) is 1.96. The summed E-state index contributed by atoms with van der Waals surface area (Å²) in [5, 5.41) is 0. The molecule has 4 aliphatic rings. The lowest BCUT2D eigenvalue weighted by Crippen LogP contribution is -2.41. The highest BCUT2D eigenvalue weighted by Gasteiger charge is 2.60. The van der Waals surface area contributed by atoms with Gasteiger partial charge in [-0.3, -0.25) is 9.80 Å². The molecule has 3 atom stereocenters. The van der Waals surface area contributed by atoms with Crippen LogP contribution in [-0.2, 0) is 0 Å². The van der Waals surface area contributed by atoms with Crippen LogP contribution in [0.4, 0.5) is 22.9 Å². The molecule has 0 amide bonds. The number of hydrogen-bond donors (Lipinski definition) is 0. The van der Waals surface area contributed by atoms with Crippen molar-refractivity contribution >= 4 is 22.9 Å². The minimum Gasteiger partial charge on any atom is -0.451 e. The van der Waals surface area contributed by atoms with Crippen molar-refractivity contribution in [1.82, 2.24) is 19.9 Å². The first-order chi connectivity index (χ1) is 12.4. The van der Waals surface area contributed by atoms with E-state index in [0.717, 1.165) is 22.9 Å². The maximum atomic E-state index is 6.18. The summed E-state index contributed by atoms with van der Waals surface area (Å²) in [5.41, 5.74) is 4.34. The predicted molar refractivity (Wildman–Crippen MR) is 86.4 cm³/mol. The zero-order valence-electron chi connectivity index (χ0n) is 12.8. The van der Waals surface area contributed by atoms with Gasteiger partial charge in [0.05, 0.1) is 17.6 Å². The average molecular weight is 330 g/mol. The van der Waals surface area contributed by atoms with Crippen LogP contribution < -0.4 is 19.3 Å². The lowest BCUT2D eigenvalue weighted by atomic mass is 10.0. The van der Waals surface area contributed by atoms with Crippen molar-refractivity contribution in [3.05, 3.63) is 48.7 Å². The summed E-state index contributed by atoms with van der Waals surface area (Å²) in [6, 6.07) is 6.26. The van der Waals surface area contributed by atoms with E-state index in [-0.39, 0.29) is 18.4 Å². The second-order valence-corrected chi connectivity index (χ2v) is 6.39. The third-order valence-electron chi connectivity index (χ3n) is 5.29. The van der Waals surface area contributed by atoms with Crippen molar-refractivity contribution in [2.45, 2.75) is 18.4 Å². The normalized spacial score (nSPS) is 25.7. The van der Waals surface area contributed by atoms with E-state index < -0.39 is 0 Å². The van der Waals surface area contributed by atoms with Gasteiger partial charge in [0.15, 0.2) is 18.3 Å². The molecule has 6 heterocycles. The minimum absolute atomic E-state index is 0.0244. The molecular formula is C17H10N6O2. The molecule has 120 valence electrons. The average Bonchev–Trinajstić information content (AvgIpc) is 3.35.